The Balaban J connectivity index is 1.98. The van der Waals surface area contributed by atoms with Crippen LogP contribution in [-0.2, 0) is 4.79 Å². The number of carbonyl (C=O) groups is 1. The molecule has 32 heavy (non-hydrogen) atoms. The summed E-state index contributed by atoms with van der Waals surface area (Å²) in [6.07, 6.45) is 9.61. The van der Waals surface area contributed by atoms with E-state index in [2.05, 4.69) is 24.1 Å². The third kappa shape index (κ3) is 8.81. The zero-order chi connectivity index (χ0) is 23.2. The normalized spacial score (nSPS) is 10.2. The molecule has 1 amide bonds. The molecule has 6 nitrogen and oxygen atoms in total. The average Bonchev–Trinajstić information content (AvgIpc) is 2.80. The van der Waals surface area contributed by atoms with Crippen molar-refractivity contribution in [2.45, 2.75) is 64.7 Å². The summed E-state index contributed by atoms with van der Waals surface area (Å²) in [4.78, 5) is 23.1. The molecule has 2 aromatic carbocycles. The van der Waals surface area contributed by atoms with Crippen LogP contribution in [0.25, 0.3) is 0 Å². The van der Waals surface area contributed by atoms with E-state index in [1.165, 1.54) is 44.2 Å². The molecule has 0 unspecified atom stereocenters. The Kier molecular flexibility index (Phi) is 10.8. The molecular weight excluding hydrogens is 404 g/mol. The molecule has 0 aliphatic carbocycles. The van der Waals surface area contributed by atoms with Gasteiger partial charge in [-0.3, -0.25) is 14.9 Å². The Morgan fingerprint density at radius 1 is 0.969 bits per heavy atom. The lowest BCUT2D eigenvalue weighted by molar-refractivity contribution is -0.384. The first-order chi connectivity index (χ1) is 15.5. The first kappa shape index (κ1) is 24.9. The zero-order valence-corrected chi connectivity index (χ0v) is 19.0. The lowest BCUT2D eigenvalue weighted by atomic mass is 10.1. The smallest absolute Gasteiger partial charge is 0.271 e. The van der Waals surface area contributed by atoms with Gasteiger partial charge < -0.3 is 10.1 Å². The number of methoxy groups -OCH3 is 1. The highest BCUT2D eigenvalue weighted by Crippen LogP contribution is 2.23. The van der Waals surface area contributed by atoms with Crippen LogP contribution >= 0.6 is 0 Å². The van der Waals surface area contributed by atoms with Crippen molar-refractivity contribution in [3.05, 3.63) is 63.7 Å². The number of nitro benzene ring substituents is 1. The van der Waals surface area contributed by atoms with Gasteiger partial charge in [-0.25, -0.2) is 0 Å². The predicted molar refractivity (Wildman–Crippen MR) is 128 cm³/mol. The summed E-state index contributed by atoms with van der Waals surface area (Å²) >= 11 is 0. The molecule has 2 rings (SSSR count). The lowest BCUT2D eigenvalue weighted by Crippen LogP contribution is -2.12. The molecule has 170 valence electrons. The van der Waals surface area contributed by atoms with Crippen LogP contribution in [0, 0.1) is 22.0 Å². The van der Waals surface area contributed by atoms with E-state index < -0.39 is 4.92 Å². The molecule has 0 saturated heterocycles. The van der Waals surface area contributed by atoms with Gasteiger partial charge in [0.2, 0.25) is 5.91 Å². The highest BCUT2D eigenvalue weighted by Gasteiger charge is 2.12. The second kappa shape index (κ2) is 13.9. The number of non-ortho nitro benzene ring substituents is 1. The van der Waals surface area contributed by atoms with Gasteiger partial charge in [0.25, 0.3) is 5.69 Å². The highest BCUT2D eigenvalue weighted by molar-refractivity contribution is 5.92. The van der Waals surface area contributed by atoms with Crippen LogP contribution in [0.1, 0.15) is 75.8 Å². The largest absolute Gasteiger partial charge is 0.497 e. The summed E-state index contributed by atoms with van der Waals surface area (Å²) in [6.45, 7) is 2.20. The minimum Gasteiger partial charge on any atom is -0.497 e. The molecule has 0 heterocycles. The first-order valence-electron chi connectivity index (χ1n) is 11.3. The number of hydrogen-bond acceptors (Lipinski definition) is 4. The highest BCUT2D eigenvalue weighted by atomic mass is 16.6. The number of nitrogens with zero attached hydrogens (tertiary/aromatic N) is 1. The minimum absolute atomic E-state index is 0.0811. The minimum atomic E-state index is -0.477. The molecule has 0 saturated carbocycles. The van der Waals surface area contributed by atoms with Crippen molar-refractivity contribution in [1.29, 1.82) is 0 Å². The molecule has 6 heteroatoms. The maximum Gasteiger partial charge on any atom is 0.271 e. The van der Waals surface area contributed by atoms with Crippen molar-refractivity contribution in [3.63, 3.8) is 0 Å². The molecule has 0 aromatic heterocycles. The quantitative estimate of drug-likeness (QED) is 0.179. The Bertz CT molecular complexity index is 943. The second-order valence-electron chi connectivity index (χ2n) is 7.74. The molecule has 0 aliphatic heterocycles. The van der Waals surface area contributed by atoms with Crippen LogP contribution in [0.2, 0.25) is 0 Å². The molecule has 0 radical (unpaired) electrons. The van der Waals surface area contributed by atoms with Gasteiger partial charge in [-0.2, -0.15) is 0 Å². The summed E-state index contributed by atoms with van der Waals surface area (Å²) < 4.78 is 5.14. The molecular formula is C26H32N2O4. The van der Waals surface area contributed by atoms with Gasteiger partial charge in [0.1, 0.15) is 5.75 Å². The van der Waals surface area contributed by atoms with Crippen LogP contribution < -0.4 is 10.1 Å². The topological polar surface area (TPSA) is 81.5 Å². The third-order valence-electron chi connectivity index (χ3n) is 5.18. The van der Waals surface area contributed by atoms with Gasteiger partial charge >= 0.3 is 0 Å². The van der Waals surface area contributed by atoms with Gasteiger partial charge in [0.15, 0.2) is 0 Å². The molecule has 0 atom stereocenters. The number of nitrogens with one attached hydrogen (secondary N) is 1. The number of rotatable bonds is 12. The van der Waals surface area contributed by atoms with Gasteiger partial charge in [-0.1, -0.05) is 63.7 Å². The van der Waals surface area contributed by atoms with Crippen LogP contribution in [0.3, 0.4) is 0 Å². The van der Waals surface area contributed by atoms with Crippen LogP contribution in [0.15, 0.2) is 42.5 Å². The Labute approximate surface area is 190 Å². The summed E-state index contributed by atoms with van der Waals surface area (Å²) in [5, 5.41) is 14.0. The van der Waals surface area contributed by atoms with Crippen molar-refractivity contribution in [3.8, 4) is 17.6 Å². The van der Waals surface area contributed by atoms with Crippen molar-refractivity contribution < 1.29 is 14.5 Å². The van der Waals surface area contributed by atoms with E-state index in [0.29, 0.717) is 17.7 Å². The van der Waals surface area contributed by atoms with Crippen molar-refractivity contribution in [1.82, 2.24) is 0 Å². The molecule has 0 fully saturated rings. The van der Waals surface area contributed by atoms with E-state index in [-0.39, 0.29) is 11.6 Å². The van der Waals surface area contributed by atoms with Crippen molar-refractivity contribution in [2.24, 2.45) is 0 Å². The number of nitro groups is 1. The summed E-state index contributed by atoms with van der Waals surface area (Å²) in [7, 11) is 1.60. The maximum absolute atomic E-state index is 12.4. The van der Waals surface area contributed by atoms with Crippen LogP contribution in [-0.4, -0.2) is 17.9 Å². The Morgan fingerprint density at radius 3 is 2.25 bits per heavy atom. The summed E-state index contributed by atoms with van der Waals surface area (Å²) in [5.41, 5.74) is 1.60. The van der Waals surface area contributed by atoms with Crippen LogP contribution in [0.4, 0.5) is 11.4 Å². The van der Waals surface area contributed by atoms with Gasteiger partial charge in [0.05, 0.1) is 17.7 Å². The SMILES string of the molecule is CCCCCCCCCCC(=O)Nc1cc([N+](=O)[O-])ccc1C#Cc1ccc(OC)cc1. The molecule has 1 N–H and O–H groups in total. The van der Waals surface area contributed by atoms with E-state index in [0.717, 1.165) is 30.6 Å². The Morgan fingerprint density at radius 2 is 1.62 bits per heavy atom. The number of amides is 1. The fraction of sp³-hybridized carbons (Fsp3) is 0.423. The summed E-state index contributed by atoms with van der Waals surface area (Å²) in [6, 6.07) is 11.6. The fourth-order valence-corrected chi connectivity index (χ4v) is 3.30. The predicted octanol–water partition coefficient (Wildman–Crippen LogP) is 6.47. The van der Waals surface area contributed by atoms with E-state index >= 15 is 0 Å². The number of anilines is 1. The zero-order valence-electron chi connectivity index (χ0n) is 19.0. The lowest BCUT2D eigenvalue weighted by Gasteiger charge is -2.08. The molecule has 0 bridgehead atoms. The number of hydrogen-bond donors (Lipinski definition) is 1. The average molecular weight is 437 g/mol. The van der Waals surface area contributed by atoms with E-state index in [4.69, 9.17) is 4.74 Å². The van der Waals surface area contributed by atoms with Gasteiger partial charge in [-0.15, -0.1) is 0 Å². The number of benzene rings is 2. The molecule has 2 aromatic rings. The molecule has 0 spiro atoms. The molecule has 0 aliphatic rings. The first-order valence-corrected chi connectivity index (χ1v) is 11.3. The van der Waals surface area contributed by atoms with E-state index in [1.807, 2.05) is 24.3 Å². The number of carbonyl (C=O) groups excluding carboxylic acids is 1. The van der Waals surface area contributed by atoms with E-state index in [1.54, 1.807) is 13.2 Å². The van der Waals surface area contributed by atoms with Gasteiger partial charge in [0, 0.05) is 29.7 Å². The van der Waals surface area contributed by atoms with E-state index in [9.17, 15) is 14.9 Å². The van der Waals surface area contributed by atoms with Gasteiger partial charge in [-0.05, 0) is 36.8 Å². The number of unbranched alkanes of at least 4 members (excludes halogenated alkanes) is 7. The van der Waals surface area contributed by atoms with Crippen molar-refractivity contribution in [2.75, 3.05) is 12.4 Å². The third-order valence-corrected chi connectivity index (χ3v) is 5.18. The standard InChI is InChI=1S/C26H32N2O4/c1-3-4-5-6-7-8-9-10-11-26(29)27-25-20-23(28(30)31)17-16-22(25)15-12-21-13-18-24(32-2)19-14-21/h13-14,16-20H,3-11H2,1-2H3,(H,27,29). The summed E-state index contributed by atoms with van der Waals surface area (Å²) in [5.74, 6) is 6.63. The fourth-order valence-electron chi connectivity index (χ4n) is 3.30. The number of ether oxygens (including phenoxy) is 1. The Hall–Kier alpha value is -3.33. The second-order valence-corrected chi connectivity index (χ2v) is 7.74. The van der Waals surface area contributed by atoms with Crippen molar-refractivity contribution >= 4 is 17.3 Å². The van der Waals surface area contributed by atoms with Crippen LogP contribution in [0.5, 0.6) is 5.75 Å². The monoisotopic (exact) mass is 436 g/mol. The maximum atomic E-state index is 12.4.